The third kappa shape index (κ3) is 3.65. The summed E-state index contributed by atoms with van der Waals surface area (Å²) in [6, 6.07) is 5.79. The summed E-state index contributed by atoms with van der Waals surface area (Å²) in [5.74, 6) is 1.82. The van der Waals surface area contributed by atoms with Gasteiger partial charge in [-0.25, -0.2) is 0 Å². The van der Waals surface area contributed by atoms with Gasteiger partial charge >= 0.3 is 0 Å². The maximum Gasteiger partial charge on any atom is 0.223 e. The molecule has 0 radical (unpaired) electrons. The number of amides is 1. The van der Waals surface area contributed by atoms with Crippen LogP contribution in [0, 0.1) is 0 Å². The summed E-state index contributed by atoms with van der Waals surface area (Å²) in [6.45, 7) is 4.24. The van der Waals surface area contributed by atoms with Crippen molar-refractivity contribution < 1.29 is 23.7 Å². The van der Waals surface area contributed by atoms with Crippen LogP contribution in [0.4, 0.5) is 0 Å². The molecule has 132 valence electrons. The van der Waals surface area contributed by atoms with E-state index in [-0.39, 0.29) is 24.0 Å². The number of hydrogen-bond acceptors (Lipinski definition) is 5. The summed E-state index contributed by atoms with van der Waals surface area (Å²) in [4.78, 5) is 14.6. The highest BCUT2D eigenvalue weighted by atomic mass is 16.5. The lowest BCUT2D eigenvalue weighted by molar-refractivity contribution is -0.148. The predicted octanol–water partition coefficient (Wildman–Crippen LogP) is 1.82. The van der Waals surface area contributed by atoms with E-state index in [4.69, 9.17) is 18.9 Å². The Morgan fingerprint density at radius 2 is 2.17 bits per heavy atom. The number of morpholine rings is 1. The lowest BCUT2D eigenvalue weighted by Gasteiger charge is -2.37. The van der Waals surface area contributed by atoms with E-state index in [0.29, 0.717) is 32.7 Å². The van der Waals surface area contributed by atoms with Crippen LogP contribution in [0.2, 0.25) is 0 Å². The second kappa shape index (κ2) is 7.40. The number of fused-ring (bicyclic) bond motifs is 1. The van der Waals surface area contributed by atoms with Gasteiger partial charge in [-0.15, -0.1) is 0 Å². The first-order valence-electron chi connectivity index (χ1n) is 8.33. The zero-order valence-corrected chi connectivity index (χ0v) is 14.5. The maximum absolute atomic E-state index is 12.7. The van der Waals surface area contributed by atoms with Gasteiger partial charge in [-0.1, -0.05) is 6.07 Å². The summed E-state index contributed by atoms with van der Waals surface area (Å²) in [7, 11) is 3.28. The molecule has 3 rings (SSSR count). The molecule has 1 amide bonds. The van der Waals surface area contributed by atoms with Crippen LogP contribution in [0.25, 0.3) is 0 Å². The average Bonchev–Trinajstić information content (AvgIpc) is 2.96. The molecule has 0 aliphatic carbocycles. The van der Waals surface area contributed by atoms with Crippen LogP contribution in [0.1, 0.15) is 24.8 Å². The number of hydrogen-bond donors (Lipinski definition) is 0. The fourth-order valence-electron chi connectivity index (χ4n) is 3.42. The second-order valence-corrected chi connectivity index (χ2v) is 6.44. The van der Waals surface area contributed by atoms with E-state index in [0.717, 1.165) is 17.1 Å². The molecular weight excluding hydrogens is 310 g/mol. The first-order valence-corrected chi connectivity index (χ1v) is 8.33. The normalized spacial score (nSPS) is 26.0. The van der Waals surface area contributed by atoms with Gasteiger partial charge in [0.05, 0.1) is 32.5 Å². The molecule has 1 fully saturated rings. The molecule has 1 aromatic rings. The molecule has 3 atom stereocenters. The van der Waals surface area contributed by atoms with Gasteiger partial charge in [0, 0.05) is 44.2 Å². The maximum atomic E-state index is 12.7. The van der Waals surface area contributed by atoms with E-state index in [1.165, 1.54) is 0 Å². The zero-order chi connectivity index (χ0) is 17.1. The van der Waals surface area contributed by atoms with Crippen LogP contribution in [0.5, 0.6) is 11.5 Å². The second-order valence-electron chi connectivity index (χ2n) is 6.44. The fourth-order valence-corrected chi connectivity index (χ4v) is 3.42. The van der Waals surface area contributed by atoms with Crippen molar-refractivity contribution in [2.75, 3.05) is 40.5 Å². The largest absolute Gasteiger partial charge is 0.497 e. The Hall–Kier alpha value is -1.79. The van der Waals surface area contributed by atoms with Crippen LogP contribution in [-0.4, -0.2) is 63.5 Å². The smallest absolute Gasteiger partial charge is 0.223 e. The van der Waals surface area contributed by atoms with E-state index in [1.807, 2.05) is 30.0 Å². The van der Waals surface area contributed by atoms with Gasteiger partial charge in [-0.2, -0.15) is 0 Å². The van der Waals surface area contributed by atoms with E-state index >= 15 is 0 Å². The third-order valence-electron chi connectivity index (χ3n) is 4.55. The summed E-state index contributed by atoms with van der Waals surface area (Å²) in [6.07, 6.45) is 0.421. The Morgan fingerprint density at radius 1 is 1.33 bits per heavy atom. The Kier molecular flexibility index (Phi) is 5.26. The SMILES string of the molecule is COCC1CN(C(=O)CC2COc3cc(OC)ccc32)CC(C)O1. The van der Waals surface area contributed by atoms with Crippen molar-refractivity contribution >= 4 is 5.91 Å². The summed E-state index contributed by atoms with van der Waals surface area (Å²) in [5, 5.41) is 0. The molecule has 6 nitrogen and oxygen atoms in total. The highest BCUT2D eigenvalue weighted by Gasteiger charge is 2.32. The molecule has 0 spiro atoms. The number of carbonyl (C=O) groups excluding carboxylic acids is 1. The van der Waals surface area contributed by atoms with Crippen molar-refractivity contribution in [3.05, 3.63) is 23.8 Å². The van der Waals surface area contributed by atoms with Gasteiger partial charge in [0.1, 0.15) is 11.5 Å². The molecule has 24 heavy (non-hydrogen) atoms. The van der Waals surface area contributed by atoms with Gasteiger partial charge in [0.2, 0.25) is 5.91 Å². The fraction of sp³-hybridized carbons (Fsp3) is 0.611. The Balaban J connectivity index is 1.64. The monoisotopic (exact) mass is 335 g/mol. The van der Waals surface area contributed by atoms with Crippen molar-refractivity contribution in [1.29, 1.82) is 0 Å². The van der Waals surface area contributed by atoms with Gasteiger partial charge in [0.25, 0.3) is 0 Å². The molecular formula is C18H25NO5. The van der Waals surface area contributed by atoms with E-state index in [9.17, 15) is 4.79 Å². The summed E-state index contributed by atoms with van der Waals surface area (Å²) < 4.78 is 21.9. The predicted molar refractivity (Wildman–Crippen MR) is 88.6 cm³/mol. The highest BCUT2D eigenvalue weighted by Crippen LogP contribution is 2.38. The van der Waals surface area contributed by atoms with Crippen LogP contribution in [0.15, 0.2) is 18.2 Å². The van der Waals surface area contributed by atoms with Gasteiger partial charge < -0.3 is 23.8 Å². The standard InChI is InChI=1S/C18H25NO5/c1-12-8-19(9-15(24-12)11-21-2)18(20)6-13-10-23-17-7-14(22-3)4-5-16(13)17/h4-5,7,12-13,15H,6,8-11H2,1-3H3. The molecule has 6 heteroatoms. The molecule has 1 saturated heterocycles. The number of carbonyl (C=O) groups is 1. The van der Waals surface area contributed by atoms with Crippen molar-refractivity contribution in [1.82, 2.24) is 4.90 Å². The lowest BCUT2D eigenvalue weighted by atomic mass is 9.97. The van der Waals surface area contributed by atoms with Crippen molar-refractivity contribution in [2.45, 2.75) is 31.5 Å². The van der Waals surface area contributed by atoms with Crippen molar-refractivity contribution in [2.24, 2.45) is 0 Å². The Bertz CT molecular complexity index is 591. The molecule has 0 N–H and O–H groups in total. The molecule has 0 aromatic heterocycles. The lowest BCUT2D eigenvalue weighted by Crippen LogP contribution is -2.50. The van der Waals surface area contributed by atoms with Crippen molar-refractivity contribution in [3.63, 3.8) is 0 Å². The number of methoxy groups -OCH3 is 2. The van der Waals surface area contributed by atoms with E-state index in [1.54, 1.807) is 14.2 Å². The van der Waals surface area contributed by atoms with Crippen LogP contribution in [-0.2, 0) is 14.3 Å². The zero-order valence-electron chi connectivity index (χ0n) is 14.5. The first-order chi connectivity index (χ1) is 11.6. The quantitative estimate of drug-likeness (QED) is 0.822. The highest BCUT2D eigenvalue weighted by molar-refractivity contribution is 5.77. The number of ether oxygens (including phenoxy) is 4. The molecule has 0 bridgehead atoms. The average molecular weight is 335 g/mol. The molecule has 2 aliphatic heterocycles. The molecule has 2 heterocycles. The van der Waals surface area contributed by atoms with Crippen molar-refractivity contribution in [3.8, 4) is 11.5 Å². The number of nitrogens with zero attached hydrogens (tertiary/aromatic N) is 1. The number of rotatable bonds is 5. The molecule has 1 aromatic carbocycles. The summed E-state index contributed by atoms with van der Waals surface area (Å²) in [5.41, 5.74) is 1.08. The minimum Gasteiger partial charge on any atom is -0.497 e. The van der Waals surface area contributed by atoms with Crippen LogP contribution < -0.4 is 9.47 Å². The van der Waals surface area contributed by atoms with Crippen LogP contribution >= 0.6 is 0 Å². The topological polar surface area (TPSA) is 57.2 Å². The summed E-state index contributed by atoms with van der Waals surface area (Å²) >= 11 is 0. The third-order valence-corrected chi connectivity index (χ3v) is 4.55. The molecule has 2 aliphatic rings. The number of benzene rings is 1. The molecule has 0 saturated carbocycles. The minimum atomic E-state index is -0.0564. The Morgan fingerprint density at radius 3 is 2.92 bits per heavy atom. The first kappa shape index (κ1) is 17.0. The van der Waals surface area contributed by atoms with Gasteiger partial charge in [0.15, 0.2) is 0 Å². The van der Waals surface area contributed by atoms with E-state index < -0.39 is 0 Å². The van der Waals surface area contributed by atoms with Gasteiger partial charge in [-0.05, 0) is 13.0 Å². The minimum absolute atomic E-state index is 0.0271. The Labute approximate surface area is 142 Å². The van der Waals surface area contributed by atoms with E-state index in [2.05, 4.69) is 0 Å². The van der Waals surface area contributed by atoms with Gasteiger partial charge in [-0.3, -0.25) is 4.79 Å². The molecule has 3 unspecified atom stereocenters. The van der Waals surface area contributed by atoms with Crippen LogP contribution in [0.3, 0.4) is 0 Å².